The van der Waals surface area contributed by atoms with Crippen molar-refractivity contribution in [1.29, 1.82) is 0 Å². The maximum absolute atomic E-state index is 10.5. The van der Waals surface area contributed by atoms with Gasteiger partial charge in [-0.15, -0.1) is 0 Å². The van der Waals surface area contributed by atoms with E-state index in [2.05, 4.69) is 5.32 Å². The van der Waals surface area contributed by atoms with Crippen LogP contribution in [-0.2, 0) is 4.79 Å². The molecule has 0 aromatic heterocycles. The number of rotatable bonds is 3. The second-order valence-corrected chi connectivity index (χ2v) is 2.26. The third-order valence-electron chi connectivity index (χ3n) is 1.46. The molecule has 3 heteroatoms. The van der Waals surface area contributed by atoms with Gasteiger partial charge in [-0.2, -0.15) is 0 Å². The number of likely N-dealkylation sites (N-methyl/N-ethyl adjacent to an activating group) is 1. The first-order valence-corrected chi connectivity index (χ1v) is 3.13. The smallest absolute Gasteiger partial charge is 0.327 e. The third-order valence-corrected chi connectivity index (χ3v) is 1.46. The Balaban J connectivity index is 4.38. The Morgan fingerprint density at radius 1 is 1.70 bits per heavy atom. The summed E-state index contributed by atoms with van der Waals surface area (Å²) in [7, 11) is 1.62. The fourth-order valence-electron chi connectivity index (χ4n) is 0.595. The first-order valence-electron chi connectivity index (χ1n) is 3.13. The van der Waals surface area contributed by atoms with Gasteiger partial charge in [0, 0.05) is 0 Å². The molecule has 0 rings (SSSR count). The van der Waals surface area contributed by atoms with Crippen LogP contribution in [0.2, 0.25) is 0 Å². The van der Waals surface area contributed by atoms with Crippen molar-refractivity contribution in [2.75, 3.05) is 7.05 Å². The predicted molar refractivity (Wildman–Crippen MR) is 39.9 cm³/mol. The summed E-state index contributed by atoms with van der Waals surface area (Å²) in [5.41, 5.74) is -0.922. The molecule has 0 saturated carbocycles. The normalized spacial score (nSPS) is 17.1. The minimum Gasteiger partial charge on any atom is -0.480 e. The fraction of sp³-hybridized carbons (Fsp3) is 0.571. The van der Waals surface area contributed by atoms with Crippen LogP contribution in [0.3, 0.4) is 0 Å². The molecule has 0 radical (unpaired) electrons. The quantitative estimate of drug-likeness (QED) is 0.569. The standard InChI is InChI=1S/C7H13NO2/c1-4-5-7(2,8-3)6(9)10/h4-5,8H,1-3H3,(H,9,10)/b5-4+/t7-/m0/s1. The lowest BCUT2D eigenvalue weighted by Gasteiger charge is -2.18. The van der Waals surface area contributed by atoms with Crippen LogP contribution in [0.15, 0.2) is 12.2 Å². The van der Waals surface area contributed by atoms with Crippen LogP contribution in [0.5, 0.6) is 0 Å². The number of hydrogen-bond donors (Lipinski definition) is 2. The molecule has 0 aliphatic heterocycles. The Morgan fingerprint density at radius 2 is 2.20 bits per heavy atom. The second-order valence-electron chi connectivity index (χ2n) is 2.26. The van der Waals surface area contributed by atoms with E-state index in [0.29, 0.717) is 0 Å². The first kappa shape index (κ1) is 9.17. The van der Waals surface area contributed by atoms with E-state index in [1.54, 1.807) is 33.0 Å². The Bertz CT molecular complexity index is 154. The lowest BCUT2D eigenvalue weighted by atomic mass is 10.0. The topological polar surface area (TPSA) is 49.3 Å². The molecule has 0 saturated heterocycles. The highest BCUT2D eigenvalue weighted by Gasteiger charge is 2.26. The van der Waals surface area contributed by atoms with Crippen molar-refractivity contribution in [2.45, 2.75) is 19.4 Å². The van der Waals surface area contributed by atoms with Gasteiger partial charge in [-0.3, -0.25) is 0 Å². The van der Waals surface area contributed by atoms with Gasteiger partial charge < -0.3 is 10.4 Å². The van der Waals surface area contributed by atoms with Crippen LogP contribution in [0.25, 0.3) is 0 Å². The molecule has 3 nitrogen and oxygen atoms in total. The molecule has 0 fully saturated rings. The number of carbonyl (C=O) groups is 1. The highest BCUT2D eigenvalue weighted by Crippen LogP contribution is 2.04. The van der Waals surface area contributed by atoms with E-state index in [9.17, 15) is 4.79 Å². The molecule has 58 valence electrons. The summed E-state index contributed by atoms with van der Waals surface area (Å²) in [6.45, 7) is 3.40. The second kappa shape index (κ2) is 3.37. The molecule has 0 bridgehead atoms. The minimum atomic E-state index is -0.922. The summed E-state index contributed by atoms with van der Waals surface area (Å²) in [5, 5.41) is 11.3. The number of nitrogens with one attached hydrogen (secondary N) is 1. The summed E-state index contributed by atoms with van der Waals surface area (Å²) in [6.07, 6.45) is 3.32. The van der Waals surface area contributed by atoms with E-state index in [1.807, 2.05) is 0 Å². The van der Waals surface area contributed by atoms with Gasteiger partial charge in [-0.25, -0.2) is 4.79 Å². The summed E-state index contributed by atoms with van der Waals surface area (Å²) in [5.74, 6) is -0.867. The lowest BCUT2D eigenvalue weighted by Crippen LogP contribution is -2.45. The van der Waals surface area contributed by atoms with E-state index >= 15 is 0 Å². The van der Waals surface area contributed by atoms with Crippen molar-refractivity contribution in [1.82, 2.24) is 5.32 Å². The molecule has 1 atom stereocenters. The lowest BCUT2D eigenvalue weighted by molar-refractivity contribution is -0.141. The number of carboxylic acids is 1. The Morgan fingerprint density at radius 3 is 2.30 bits per heavy atom. The van der Waals surface area contributed by atoms with Crippen molar-refractivity contribution in [3.05, 3.63) is 12.2 Å². The summed E-state index contributed by atoms with van der Waals surface area (Å²) >= 11 is 0. The predicted octanol–water partition coefficient (Wildman–Crippen LogP) is 0.625. The van der Waals surface area contributed by atoms with Crippen molar-refractivity contribution < 1.29 is 9.90 Å². The van der Waals surface area contributed by atoms with Crippen molar-refractivity contribution in [3.63, 3.8) is 0 Å². The van der Waals surface area contributed by atoms with Gasteiger partial charge >= 0.3 is 5.97 Å². The molecular weight excluding hydrogens is 130 g/mol. The van der Waals surface area contributed by atoms with E-state index in [1.165, 1.54) is 0 Å². The molecular formula is C7H13NO2. The molecule has 0 unspecified atom stereocenters. The molecule has 0 aliphatic rings. The Labute approximate surface area is 60.7 Å². The van der Waals surface area contributed by atoms with Crippen LogP contribution < -0.4 is 5.32 Å². The number of carboxylic acid groups (broad SMARTS) is 1. The van der Waals surface area contributed by atoms with E-state index in [-0.39, 0.29) is 0 Å². The van der Waals surface area contributed by atoms with E-state index in [4.69, 9.17) is 5.11 Å². The van der Waals surface area contributed by atoms with E-state index in [0.717, 1.165) is 0 Å². The fourth-order valence-corrected chi connectivity index (χ4v) is 0.595. The van der Waals surface area contributed by atoms with Crippen LogP contribution in [0.4, 0.5) is 0 Å². The maximum atomic E-state index is 10.5. The van der Waals surface area contributed by atoms with Crippen LogP contribution >= 0.6 is 0 Å². The van der Waals surface area contributed by atoms with Crippen molar-refractivity contribution in [2.24, 2.45) is 0 Å². The Kier molecular flexibility index (Phi) is 3.09. The van der Waals surface area contributed by atoms with Crippen molar-refractivity contribution >= 4 is 5.97 Å². The van der Waals surface area contributed by atoms with Gasteiger partial charge in [0.2, 0.25) is 0 Å². The largest absolute Gasteiger partial charge is 0.480 e. The van der Waals surface area contributed by atoms with Gasteiger partial charge in [0.15, 0.2) is 0 Å². The monoisotopic (exact) mass is 143 g/mol. The minimum absolute atomic E-state index is 0.867. The average molecular weight is 143 g/mol. The van der Waals surface area contributed by atoms with Crippen molar-refractivity contribution in [3.8, 4) is 0 Å². The van der Waals surface area contributed by atoms with Gasteiger partial charge in [-0.1, -0.05) is 12.2 Å². The van der Waals surface area contributed by atoms with E-state index < -0.39 is 11.5 Å². The molecule has 0 amide bonds. The molecule has 0 aliphatic carbocycles. The third kappa shape index (κ3) is 1.84. The molecule has 10 heavy (non-hydrogen) atoms. The molecule has 0 aromatic rings. The van der Waals surface area contributed by atoms with Gasteiger partial charge in [0.1, 0.15) is 5.54 Å². The van der Waals surface area contributed by atoms with Crippen LogP contribution in [-0.4, -0.2) is 23.7 Å². The summed E-state index contributed by atoms with van der Waals surface area (Å²) < 4.78 is 0. The average Bonchev–Trinajstić information content (AvgIpc) is 1.88. The SMILES string of the molecule is C/C=C/[C@](C)(NC)C(=O)O. The summed E-state index contributed by atoms with van der Waals surface area (Å²) in [4.78, 5) is 10.5. The zero-order chi connectivity index (χ0) is 8.20. The van der Waals surface area contributed by atoms with Gasteiger partial charge in [0.25, 0.3) is 0 Å². The van der Waals surface area contributed by atoms with Crippen LogP contribution in [0, 0.1) is 0 Å². The first-order chi connectivity index (χ1) is 4.56. The molecule has 2 N–H and O–H groups in total. The summed E-state index contributed by atoms with van der Waals surface area (Å²) in [6, 6.07) is 0. The Hall–Kier alpha value is -0.830. The van der Waals surface area contributed by atoms with Gasteiger partial charge in [-0.05, 0) is 20.9 Å². The maximum Gasteiger partial charge on any atom is 0.327 e. The van der Waals surface area contributed by atoms with Gasteiger partial charge in [0.05, 0.1) is 0 Å². The zero-order valence-electron chi connectivity index (χ0n) is 6.51. The molecule has 0 heterocycles. The zero-order valence-corrected chi connectivity index (χ0v) is 6.51. The highest BCUT2D eigenvalue weighted by molar-refractivity contribution is 5.80. The molecule has 0 spiro atoms. The number of aliphatic carboxylic acids is 1. The van der Waals surface area contributed by atoms with Crippen LogP contribution in [0.1, 0.15) is 13.8 Å². The number of allylic oxidation sites excluding steroid dienone is 1. The highest BCUT2D eigenvalue weighted by atomic mass is 16.4. The molecule has 0 aromatic carbocycles. The number of hydrogen-bond acceptors (Lipinski definition) is 2.